The largest absolute Gasteiger partial charge is 0.452 e. The van der Waals surface area contributed by atoms with Gasteiger partial charge < -0.3 is 14.2 Å². The Labute approximate surface area is 170 Å². The average molecular weight is 418 g/mol. The SMILES string of the molecule is Cc1noc(CSc2ccccc2C(=O)OCC(=O)N(C)Cc2ccsc2)n1. The van der Waals surface area contributed by atoms with E-state index in [1.165, 1.54) is 16.7 Å². The molecular weight excluding hydrogens is 398 g/mol. The molecule has 0 aliphatic carbocycles. The van der Waals surface area contributed by atoms with Crippen LogP contribution in [0.25, 0.3) is 0 Å². The zero-order valence-electron chi connectivity index (χ0n) is 15.5. The minimum absolute atomic E-state index is 0.258. The lowest BCUT2D eigenvalue weighted by molar-refractivity contribution is -0.133. The first-order valence-electron chi connectivity index (χ1n) is 8.46. The second-order valence-corrected chi connectivity index (χ2v) is 7.77. The molecule has 0 N–H and O–H groups in total. The van der Waals surface area contributed by atoms with Crippen LogP contribution in [0.5, 0.6) is 0 Å². The molecular formula is C19H19N3O4S2. The van der Waals surface area contributed by atoms with Crippen LogP contribution in [-0.4, -0.2) is 40.6 Å². The molecule has 1 amide bonds. The number of likely N-dealkylation sites (N-methyl/N-ethyl adjacent to an activating group) is 1. The van der Waals surface area contributed by atoms with E-state index in [-0.39, 0.29) is 12.5 Å². The van der Waals surface area contributed by atoms with Gasteiger partial charge in [-0.05, 0) is 41.4 Å². The lowest BCUT2D eigenvalue weighted by Gasteiger charge is -2.16. The van der Waals surface area contributed by atoms with Crippen molar-refractivity contribution in [3.05, 3.63) is 63.9 Å². The van der Waals surface area contributed by atoms with Crippen molar-refractivity contribution in [2.75, 3.05) is 13.7 Å². The van der Waals surface area contributed by atoms with Crippen LogP contribution in [0.1, 0.15) is 27.6 Å². The monoisotopic (exact) mass is 417 g/mol. The van der Waals surface area contributed by atoms with Crippen molar-refractivity contribution in [1.82, 2.24) is 15.0 Å². The summed E-state index contributed by atoms with van der Waals surface area (Å²) >= 11 is 2.97. The van der Waals surface area contributed by atoms with Crippen molar-refractivity contribution >= 4 is 35.0 Å². The van der Waals surface area contributed by atoms with E-state index in [2.05, 4.69) is 10.1 Å². The van der Waals surface area contributed by atoms with Gasteiger partial charge in [-0.15, -0.1) is 11.8 Å². The number of aromatic nitrogens is 2. The Morgan fingerprint density at radius 1 is 1.29 bits per heavy atom. The normalized spacial score (nSPS) is 10.6. The van der Waals surface area contributed by atoms with E-state index in [0.717, 1.165) is 10.5 Å². The van der Waals surface area contributed by atoms with Crippen LogP contribution in [0.3, 0.4) is 0 Å². The Bertz CT molecular complexity index is 940. The third-order valence-electron chi connectivity index (χ3n) is 3.78. The maximum atomic E-state index is 12.5. The van der Waals surface area contributed by atoms with Gasteiger partial charge in [0.1, 0.15) is 0 Å². The van der Waals surface area contributed by atoms with E-state index in [4.69, 9.17) is 9.26 Å². The van der Waals surface area contributed by atoms with E-state index in [1.54, 1.807) is 37.4 Å². The summed E-state index contributed by atoms with van der Waals surface area (Å²) < 4.78 is 10.3. The Morgan fingerprint density at radius 3 is 2.82 bits per heavy atom. The molecule has 0 atom stereocenters. The van der Waals surface area contributed by atoms with Crippen molar-refractivity contribution < 1.29 is 18.8 Å². The van der Waals surface area contributed by atoms with E-state index in [9.17, 15) is 9.59 Å². The van der Waals surface area contributed by atoms with Gasteiger partial charge in [-0.25, -0.2) is 4.79 Å². The highest BCUT2D eigenvalue weighted by Crippen LogP contribution is 2.26. The zero-order valence-corrected chi connectivity index (χ0v) is 17.1. The fourth-order valence-corrected chi connectivity index (χ4v) is 3.90. The van der Waals surface area contributed by atoms with Crippen LogP contribution in [-0.2, 0) is 21.8 Å². The molecule has 3 rings (SSSR count). The van der Waals surface area contributed by atoms with E-state index in [0.29, 0.717) is 29.6 Å². The molecule has 0 spiro atoms. The number of aryl methyl sites for hydroxylation is 1. The van der Waals surface area contributed by atoms with Crippen molar-refractivity contribution in [3.63, 3.8) is 0 Å². The molecule has 3 aromatic rings. The van der Waals surface area contributed by atoms with Gasteiger partial charge in [0.2, 0.25) is 5.89 Å². The van der Waals surface area contributed by atoms with Crippen LogP contribution in [0.15, 0.2) is 50.5 Å². The summed E-state index contributed by atoms with van der Waals surface area (Å²) in [5.41, 5.74) is 1.45. The minimum Gasteiger partial charge on any atom is -0.452 e. The summed E-state index contributed by atoms with van der Waals surface area (Å²) in [5.74, 6) is 0.686. The maximum Gasteiger partial charge on any atom is 0.339 e. The zero-order chi connectivity index (χ0) is 19.9. The van der Waals surface area contributed by atoms with Gasteiger partial charge >= 0.3 is 5.97 Å². The average Bonchev–Trinajstić information content (AvgIpc) is 3.36. The van der Waals surface area contributed by atoms with Crippen LogP contribution >= 0.6 is 23.1 Å². The van der Waals surface area contributed by atoms with Gasteiger partial charge in [-0.2, -0.15) is 16.3 Å². The lowest BCUT2D eigenvalue weighted by Crippen LogP contribution is -2.30. The van der Waals surface area contributed by atoms with Crippen molar-refractivity contribution in [2.24, 2.45) is 0 Å². The third-order valence-corrected chi connectivity index (χ3v) is 5.57. The molecule has 28 heavy (non-hydrogen) atoms. The molecule has 1 aromatic carbocycles. The Kier molecular flexibility index (Phi) is 6.83. The second kappa shape index (κ2) is 9.52. The molecule has 2 heterocycles. The number of nitrogens with zero attached hydrogens (tertiary/aromatic N) is 3. The highest BCUT2D eigenvalue weighted by atomic mass is 32.2. The van der Waals surface area contributed by atoms with Gasteiger partial charge in [0.05, 0.1) is 11.3 Å². The van der Waals surface area contributed by atoms with Crippen molar-refractivity contribution in [1.29, 1.82) is 0 Å². The predicted octanol–water partition coefficient (Wildman–Crippen LogP) is 3.55. The van der Waals surface area contributed by atoms with Gasteiger partial charge in [0, 0.05) is 18.5 Å². The summed E-state index contributed by atoms with van der Waals surface area (Å²) in [7, 11) is 1.68. The second-order valence-electron chi connectivity index (χ2n) is 5.98. The smallest absolute Gasteiger partial charge is 0.339 e. The van der Waals surface area contributed by atoms with Crippen molar-refractivity contribution in [3.8, 4) is 0 Å². The standard InChI is InChI=1S/C19H19N3O4S2/c1-13-20-17(26-21-13)12-28-16-6-4-3-5-15(16)19(24)25-10-18(23)22(2)9-14-7-8-27-11-14/h3-8,11H,9-10,12H2,1-2H3. The summed E-state index contributed by atoms with van der Waals surface area (Å²) in [6.07, 6.45) is 0. The van der Waals surface area contributed by atoms with E-state index < -0.39 is 5.97 Å². The first-order chi connectivity index (χ1) is 13.5. The number of thioether (sulfide) groups is 1. The highest BCUT2D eigenvalue weighted by Gasteiger charge is 2.17. The molecule has 9 heteroatoms. The van der Waals surface area contributed by atoms with Gasteiger partial charge in [0.25, 0.3) is 5.91 Å². The third kappa shape index (κ3) is 5.43. The molecule has 0 fully saturated rings. The molecule has 0 aliphatic rings. The lowest BCUT2D eigenvalue weighted by atomic mass is 10.2. The molecule has 0 aliphatic heterocycles. The number of esters is 1. The first-order valence-corrected chi connectivity index (χ1v) is 10.4. The predicted molar refractivity (Wildman–Crippen MR) is 106 cm³/mol. The van der Waals surface area contributed by atoms with Crippen molar-refractivity contribution in [2.45, 2.75) is 24.1 Å². The van der Waals surface area contributed by atoms with Crippen LogP contribution in [0, 0.1) is 6.92 Å². The summed E-state index contributed by atoms with van der Waals surface area (Å²) in [4.78, 5) is 31.1. The number of carbonyl (C=O) groups is 2. The van der Waals surface area contributed by atoms with Gasteiger partial charge in [-0.1, -0.05) is 17.3 Å². The number of rotatable bonds is 8. The first kappa shape index (κ1) is 20.1. The summed E-state index contributed by atoms with van der Waals surface area (Å²) in [5, 5.41) is 7.68. The topological polar surface area (TPSA) is 85.5 Å². The molecule has 7 nitrogen and oxygen atoms in total. The fourth-order valence-electron chi connectivity index (χ4n) is 2.36. The maximum absolute atomic E-state index is 12.5. The summed E-state index contributed by atoms with van der Waals surface area (Å²) in [6, 6.07) is 9.02. The Hall–Kier alpha value is -2.65. The molecule has 0 saturated heterocycles. The Balaban J connectivity index is 1.55. The molecule has 0 unspecified atom stereocenters. The van der Waals surface area contributed by atoms with Crippen LogP contribution in [0.2, 0.25) is 0 Å². The fraction of sp³-hybridized carbons (Fsp3) is 0.263. The van der Waals surface area contributed by atoms with Crippen LogP contribution in [0.4, 0.5) is 0 Å². The van der Waals surface area contributed by atoms with E-state index in [1.807, 2.05) is 29.0 Å². The number of thiophene rings is 1. The number of ether oxygens (including phenoxy) is 1. The molecule has 0 saturated carbocycles. The van der Waals surface area contributed by atoms with Gasteiger partial charge in [0.15, 0.2) is 12.4 Å². The van der Waals surface area contributed by atoms with Gasteiger partial charge in [-0.3, -0.25) is 4.79 Å². The van der Waals surface area contributed by atoms with Crippen LogP contribution < -0.4 is 0 Å². The molecule has 2 aromatic heterocycles. The number of amides is 1. The number of hydrogen-bond donors (Lipinski definition) is 0. The minimum atomic E-state index is -0.540. The van der Waals surface area contributed by atoms with E-state index >= 15 is 0 Å². The number of hydrogen-bond acceptors (Lipinski definition) is 8. The molecule has 0 bridgehead atoms. The molecule has 146 valence electrons. The highest BCUT2D eigenvalue weighted by molar-refractivity contribution is 7.98. The summed E-state index contributed by atoms with van der Waals surface area (Å²) in [6.45, 7) is 1.92. The Morgan fingerprint density at radius 2 is 2.11 bits per heavy atom. The molecule has 0 radical (unpaired) electrons. The quantitative estimate of drug-likeness (QED) is 0.409. The number of benzene rings is 1. The number of carbonyl (C=O) groups excluding carboxylic acids is 2.